The van der Waals surface area contributed by atoms with Crippen LogP contribution in [0.3, 0.4) is 0 Å². The molecule has 0 aliphatic heterocycles. The van der Waals surface area contributed by atoms with E-state index in [9.17, 15) is 9.90 Å². The second-order valence-corrected chi connectivity index (χ2v) is 7.94. The van der Waals surface area contributed by atoms with Crippen LogP contribution in [0.2, 0.25) is 0 Å². The molecule has 3 rings (SSSR count). The van der Waals surface area contributed by atoms with Crippen LogP contribution in [0, 0.1) is 12.8 Å². The van der Waals surface area contributed by atoms with E-state index in [1.807, 2.05) is 44.2 Å². The highest BCUT2D eigenvalue weighted by molar-refractivity contribution is 5.97. The lowest BCUT2D eigenvalue weighted by Crippen LogP contribution is -2.47. The van der Waals surface area contributed by atoms with E-state index >= 15 is 0 Å². The smallest absolute Gasteiger partial charge is 0.254 e. The minimum absolute atomic E-state index is 0.152. The van der Waals surface area contributed by atoms with Gasteiger partial charge in [0.2, 0.25) is 0 Å². The standard InChI is InChI=1S/C23H29N3O3/c1-15(2)13-26(14-21(27)19(24)11-17-7-5-4-6-8-17)23(28)18-9-10-20-22(12-18)29-16(3)25-20/h4-10,12,15,19,21,27H,11,13-14,24H2,1-3H3/t19-,21+/m0/s1. The van der Waals surface area contributed by atoms with Crippen LogP contribution in [0.25, 0.3) is 11.1 Å². The summed E-state index contributed by atoms with van der Waals surface area (Å²) in [6, 6.07) is 14.6. The highest BCUT2D eigenvalue weighted by Crippen LogP contribution is 2.19. The van der Waals surface area contributed by atoms with E-state index in [0.717, 1.165) is 11.1 Å². The number of aliphatic hydroxyl groups is 1. The average molecular weight is 396 g/mol. The molecule has 6 nitrogen and oxygen atoms in total. The number of aromatic nitrogens is 1. The predicted molar refractivity (Wildman–Crippen MR) is 114 cm³/mol. The minimum Gasteiger partial charge on any atom is -0.441 e. The zero-order valence-electron chi connectivity index (χ0n) is 17.2. The van der Waals surface area contributed by atoms with Gasteiger partial charge < -0.3 is 20.2 Å². The van der Waals surface area contributed by atoms with Crippen molar-refractivity contribution in [3.05, 3.63) is 65.5 Å². The van der Waals surface area contributed by atoms with Gasteiger partial charge in [0, 0.05) is 31.6 Å². The summed E-state index contributed by atoms with van der Waals surface area (Å²) in [5, 5.41) is 10.7. The number of aliphatic hydroxyl groups excluding tert-OH is 1. The number of benzene rings is 2. The number of nitrogens with two attached hydrogens (primary N) is 1. The van der Waals surface area contributed by atoms with Crippen molar-refractivity contribution in [3.63, 3.8) is 0 Å². The maximum absolute atomic E-state index is 13.2. The monoisotopic (exact) mass is 395 g/mol. The minimum atomic E-state index is -0.825. The van der Waals surface area contributed by atoms with Crippen molar-refractivity contribution >= 4 is 17.0 Å². The number of oxazole rings is 1. The molecule has 2 atom stereocenters. The van der Waals surface area contributed by atoms with Gasteiger partial charge in [0.25, 0.3) is 5.91 Å². The Bertz CT molecular complexity index is 952. The van der Waals surface area contributed by atoms with E-state index < -0.39 is 12.1 Å². The summed E-state index contributed by atoms with van der Waals surface area (Å²) in [4.78, 5) is 19.1. The first-order valence-corrected chi connectivity index (χ1v) is 9.97. The number of fused-ring (bicyclic) bond motifs is 1. The normalized spacial score (nSPS) is 13.6. The van der Waals surface area contributed by atoms with Crippen LogP contribution >= 0.6 is 0 Å². The van der Waals surface area contributed by atoms with Crippen molar-refractivity contribution in [2.45, 2.75) is 39.3 Å². The Balaban J connectivity index is 1.74. The molecule has 0 bridgehead atoms. The lowest BCUT2D eigenvalue weighted by atomic mass is 10.0. The summed E-state index contributed by atoms with van der Waals surface area (Å²) in [6.07, 6.45) is -0.274. The van der Waals surface area contributed by atoms with Crippen LogP contribution in [0.1, 0.15) is 35.7 Å². The average Bonchev–Trinajstić information content (AvgIpc) is 3.06. The van der Waals surface area contributed by atoms with Gasteiger partial charge in [-0.05, 0) is 36.1 Å². The van der Waals surface area contributed by atoms with Crippen molar-refractivity contribution in [3.8, 4) is 0 Å². The Morgan fingerprint density at radius 1 is 1.17 bits per heavy atom. The number of hydrogen-bond donors (Lipinski definition) is 2. The van der Waals surface area contributed by atoms with Crippen LogP contribution in [0.4, 0.5) is 0 Å². The quantitative estimate of drug-likeness (QED) is 0.611. The van der Waals surface area contributed by atoms with E-state index in [4.69, 9.17) is 10.2 Å². The van der Waals surface area contributed by atoms with E-state index in [0.29, 0.717) is 30.0 Å². The molecule has 2 aromatic carbocycles. The summed E-state index contributed by atoms with van der Waals surface area (Å²) in [5.41, 5.74) is 9.11. The lowest BCUT2D eigenvalue weighted by molar-refractivity contribution is 0.0545. The number of carbonyl (C=O) groups is 1. The molecule has 1 aromatic heterocycles. The van der Waals surface area contributed by atoms with Gasteiger partial charge >= 0.3 is 0 Å². The number of nitrogens with zero attached hydrogens (tertiary/aromatic N) is 2. The van der Waals surface area contributed by atoms with Gasteiger partial charge in [-0.25, -0.2) is 4.98 Å². The first-order valence-electron chi connectivity index (χ1n) is 9.97. The van der Waals surface area contributed by atoms with Gasteiger partial charge in [-0.15, -0.1) is 0 Å². The molecule has 0 saturated carbocycles. The van der Waals surface area contributed by atoms with Crippen LogP contribution in [0.5, 0.6) is 0 Å². The van der Waals surface area contributed by atoms with E-state index in [1.54, 1.807) is 30.0 Å². The summed E-state index contributed by atoms with van der Waals surface area (Å²) >= 11 is 0. The molecule has 0 unspecified atom stereocenters. The largest absolute Gasteiger partial charge is 0.441 e. The van der Waals surface area contributed by atoms with E-state index in [1.165, 1.54) is 0 Å². The molecule has 154 valence electrons. The molecule has 3 N–H and O–H groups in total. The third-order valence-electron chi connectivity index (χ3n) is 4.83. The lowest BCUT2D eigenvalue weighted by Gasteiger charge is -2.29. The number of aryl methyl sites for hydroxylation is 1. The number of hydrogen-bond acceptors (Lipinski definition) is 5. The molecule has 3 aromatic rings. The second kappa shape index (κ2) is 9.20. The third kappa shape index (κ3) is 5.43. The van der Waals surface area contributed by atoms with E-state index in [-0.39, 0.29) is 18.4 Å². The van der Waals surface area contributed by atoms with Crippen molar-refractivity contribution < 1.29 is 14.3 Å². The van der Waals surface area contributed by atoms with Crippen LogP contribution in [0.15, 0.2) is 52.9 Å². The molecule has 0 fully saturated rings. The number of rotatable bonds is 8. The molecular weight excluding hydrogens is 366 g/mol. The van der Waals surface area contributed by atoms with Crippen LogP contribution < -0.4 is 5.73 Å². The summed E-state index contributed by atoms with van der Waals surface area (Å²) in [7, 11) is 0. The molecule has 1 heterocycles. The zero-order chi connectivity index (χ0) is 21.0. The number of amides is 1. The van der Waals surface area contributed by atoms with Crippen molar-refractivity contribution in [1.29, 1.82) is 0 Å². The highest BCUT2D eigenvalue weighted by Gasteiger charge is 2.24. The first-order chi connectivity index (χ1) is 13.8. The molecule has 6 heteroatoms. The fourth-order valence-corrected chi connectivity index (χ4v) is 3.42. The Kier molecular flexibility index (Phi) is 6.67. The van der Waals surface area contributed by atoms with E-state index in [2.05, 4.69) is 4.98 Å². The fourth-order valence-electron chi connectivity index (χ4n) is 3.42. The fraction of sp³-hybridized carbons (Fsp3) is 0.391. The predicted octanol–water partition coefficient (Wildman–Crippen LogP) is 3.17. The molecule has 0 radical (unpaired) electrons. The van der Waals surface area contributed by atoms with Crippen LogP contribution in [-0.2, 0) is 6.42 Å². The summed E-state index contributed by atoms with van der Waals surface area (Å²) < 4.78 is 5.55. The van der Waals surface area contributed by atoms with Gasteiger partial charge in [-0.2, -0.15) is 0 Å². The van der Waals surface area contributed by atoms with Gasteiger partial charge in [-0.3, -0.25) is 4.79 Å². The van der Waals surface area contributed by atoms with Crippen molar-refractivity contribution in [1.82, 2.24) is 9.88 Å². The molecular formula is C23H29N3O3. The number of carbonyl (C=O) groups excluding carboxylic acids is 1. The third-order valence-corrected chi connectivity index (χ3v) is 4.83. The molecule has 0 saturated heterocycles. The zero-order valence-corrected chi connectivity index (χ0v) is 17.2. The highest BCUT2D eigenvalue weighted by atomic mass is 16.3. The molecule has 29 heavy (non-hydrogen) atoms. The summed E-state index contributed by atoms with van der Waals surface area (Å²) in [6.45, 7) is 6.57. The molecule has 0 aliphatic carbocycles. The molecule has 1 amide bonds. The first kappa shape index (κ1) is 21.0. The van der Waals surface area contributed by atoms with Crippen molar-refractivity contribution in [2.75, 3.05) is 13.1 Å². The molecule has 0 aliphatic rings. The Labute approximate surface area is 171 Å². The maximum atomic E-state index is 13.2. The van der Waals surface area contributed by atoms with Gasteiger partial charge in [-0.1, -0.05) is 44.2 Å². The Morgan fingerprint density at radius 2 is 1.90 bits per heavy atom. The van der Waals surface area contributed by atoms with Crippen LogP contribution in [-0.4, -0.2) is 46.1 Å². The maximum Gasteiger partial charge on any atom is 0.254 e. The summed E-state index contributed by atoms with van der Waals surface area (Å²) in [5.74, 6) is 0.666. The topological polar surface area (TPSA) is 92.6 Å². The Hall–Kier alpha value is -2.70. The van der Waals surface area contributed by atoms with Gasteiger partial charge in [0.05, 0.1) is 6.10 Å². The SMILES string of the molecule is Cc1nc2ccc(C(=O)N(CC(C)C)C[C@@H](O)[C@@H](N)Cc3ccccc3)cc2o1. The second-order valence-electron chi connectivity index (χ2n) is 7.94. The van der Waals surface area contributed by atoms with Gasteiger partial charge in [0.15, 0.2) is 11.5 Å². The Morgan fingerprint density at radius 3 is 2.59 bits per heavy atom. The van der Waals surface area contributed by atoms with Gasteiger partial charge in [0.1, 0.15) is 5.52 Å². The van der Waals surface area contributed by atoms with Crippen molar-refractivity contribution in [2.24, 2.45) is 11.7 Å². The molecule has 0 spiro atoms.